The Morgan fingerprint density at radius 1 is 1.17 bits per heavy atom. The topological polar surface area (TPSA) is 16.1 Å². The molecular weight excluding hydrogens is 244 g/mol. The molecule has 0 saturated carbocycles. The Labute approximate surface area is 113 Å². The third kappa shape index (κ3) is 3.02. The number of aromatic nitrogens is 1. The maximum Gasteiger partial charge on any atom is 0.129 e. The lowest BCUT2D eigenvalue weighted by Gasteiger charge is -2.21. The highest BCUT2D eigenvalue weighted by molar-refractivity contribution is 6.29. The molecule has 0 aliphatic carbocycles. The fraction of sp³-hybridized carbons (Fsp3) is 0.267. The molecule has 94 valence electrons. The van der Waals surface area contributed by atoms with Gasteiger partial charge in [0.1, 0.15) is 5.15 Å². The summed E-state index contributed by atoms with van der Waals surface area (Å²) in [5.41, 5.74) is 4.76. The SMILES string of the molecule is Cc1ccc(N(C)Cc2cccc(Cl)n2)c(C)c1. The number of rotatable bonds is 3. The Hall–Kier alpha value is -1.54. The van der Waals surface area contributed by atoms with Gasteiger partial charge in [0.15, 0.2) is 0 Å². The summed E-state index contributed by atoms with van der Waals surface area (Å²) in [6.07, 6.45) is 0. The summed E-state index contributed by atoms with van der Waals surface area (Å²) in [5.74, 6) is 0. The maximum absolute atomic E-state index is 5.90. The minimum atomic E-state index is 0.543. The average molecular weight is 261 g/mol. The predicted molar refractivity (Wildman–Crippen MR) is 77.3 cm³/mol. The van der Waals surface area contributed by atoms with Gasteiger partial charge < -0.3 is 4.90 Å². The van der Waals surface area contributed by atoms with E-state index in [1.807, 2.05) is 12.1 Å². The van der Waals surface area contributed by atoms with Crippen LogP contribution in [0.15, 0.2) is 36.4 Å². The second-order valence-corrected chi connectivity index (χ2v) is 4.98. The fourth-order valence-electron chi connectivity index (χ4n) is 2.10. The molecule has 0 saturated heterocycles. The molecule has 0 N–H and O–H groups in total. The van der Waals surface area contributed by atoms with E-state index < -0.39 is 0 Å². The van der Waals surface area contributed by atoms with Gasteiger partial charge in [-0.05, 0) is 37.6 Å². The molecule has 0 spiro atoms. The summed E-state index contributed by atoms with van der Waals surface area (Å²) in [6.45, 7) is 4.99. The van der Waals surface area contributed by atoms with Crippen LogP contribution in [0.1, 0.15) is 16.8 Å². The van der Waals surface area contributed by atoms with Crippen LogP contribution in [0.4, 0.5) is 5.69 Å². The maximum atomic E-state index is 5.90. The number of hydrogen-bond acceptors (Lipinski definition) is 2. The normalized spacial score (nSPS) is 10.4. The first-order valence-electron chi connectivity index (χ1n) is 5.96. The number of aryl methyl sites for hydroxylation is 2. The lowest BCUT2D eigenvalue weighted by Crippen LogP contribution is -2.18. The van der Waals surface area contributed by atoms with Gasteiger partial charge in [0.2, 0.25) is 0 Å². The third-order valence-corrected chi connectivity index (χ3v) is 3.15. The Balaban J connectivity index is 2.19. The van der Waals surface area contributed by atoms with Gasteiger partial charge in [0, 0.05) is 12.7 Å². The summed E-state index contributed by atoms with van der Waals surface area (Å²) >= 11 is 5.90. The van der Waals surface area contributed by atoms with E-state index in [0.717, 1.165) is 12.2 Å². The highest BCUT2D eigenvalue weighted by Gasteiger charge is 2.06. The fourth-order valence-corrected chi connectivity index (χ4v) is 2.28. The van der Waals surface area contributed by atoms with Crippen LogP contribution < -0.4 is 4.90 Å². The lowest BCUT2D eigenvalue weighted by molar-refractivity contribution is 0.880. The quantitative estimate of drug-likeness (QED) is 0.776. The third-order valence-electron chi connectivity index (χ3n) is 2.94. The highest BCUT2D eigenvalue weighted by atomic mass is 35.5. The second kappa shape index (κ2) is 5.40. The Morgan fingerprint density at radius 2 is 1.94 bits per heavy atom. The van der Waals surface area contributed by atoms with Gasteiger partial charge in [0.25, 0.3) is 0 Å². The summed E-state index contributed by atoms with van der Waals surface area (Å²) in [6, 6.07) is 12.2. The van der Waals surface area contributed by atoms with Crippen LogP contribution >= 0.6 is 11.6 Å². The van der Waals surface area contributed by atoms with Crippen molar-refractivity contribution in [3.8, 4) is 0 Å². The molecule has 0 bridgehead atoms. The van der Waals surface area contributed by atoms with E-state index in [-0.39, 0.29) is 0 Å². The van der Waals surface area contributed by atoms with Gasteiger partial charge in [-0.25, -0.2) is 4.98 Å². The first-order valence-corrected chi connectivity index (χ1v) is 6.34. The molecule has 0 amide bonds. The molecule has 0 radical (unpaired) electrons. The van der Waals surface area contributed by atoms with Gasteiger partial charge in [0.05, 0.1) is 12.2 Å². The minimum Gasteiger partial charge on any atom is -0.368 e. The van der Waals surface area contributed by atoms with Crippen molar-refractivity contribution < 1.29 is 0 Å². The zero-order valence-corrected chi connectivity index (χ0v) is 11.7. The number of pyridine rings is 1. The van der Waals surface area contributed by atoms with Gasteiger partial charge in [-0.2, -0.15) is 0 Å². The van der Waals surface area contributed by atoms with Crippen LogP contribution in [0.5, 0.6) is 0 Å². The first kappa shape index (κ1) is 12.9. The van der Waals surface area contributed by atoms with Crippen molar-refractivity contribution in [2.45, 2.75) is 20.4 Å². The molecule has 1 aromatic carbocycles. The molecule has 2 nitrogen and oxygen atoms in total. The summed E-state index contributed by atoms with van der Waals surface area (Å²) < 4.78 is 0. The van der Waals surface area contributed by atoms with E-state index in [1.54, 1.807) is 6.07 Å². The Kier molecular flexibility index (Phi) is 3.87. The largest absolute Gasteiger partial charge is 0.368 e. The number of anilines is 1. The van der Waals surface area contributed by atoms with Crippen LogP contribution in [0.2, 0.25) is 5.15 Å². The minimum absolute atomic E-state index is 0.543. The van der Waals surface area contributed by atoms with Crippen LogP contribution in [0.3, 0.4) is 0 Å². The van der Waals surface area contributed by atoms with E-state index in [2.05, 4.69) is 49.0 Å². The summed E-state index contributed by atoms with van der Waals surface area (Å²) in [4.78, 5) is 6.50. The van der Waals surface area contributed by atoms with Crippen molar-refractivity contribution in [2.24, 2.45) is 0 Å². The molecule has 2 aromatic rings. The van der Waals surface area contributed by atoms with Crippen molar-refractivity contribution in [3.05, 3.63) is 58.4 Å². The van der Waals surface area contributed by atoms with E-state index in [1.165, 1.54) is 16.8 Å². The zero-order valence-electron chi connectivity index (χ0n) is 10.9. The zero-order chi connectivity index (χ0) is 13.1. The molecule has 18 heavy (non-hydrogen) atoms. The molecule has 0 atom stereocenters. The van der Waals surface area contributed by atoms with Crippen LogP contribution in [-0.4, -0.2) is 12.0 Å². The molecule has 2 rings (SSSR count). The smallest absolute Gasteiger partial charge is 0.129 e. The molecule has 0 aliphatic heterocycles. The van der Waals surface area contributed by atoms with E-state index in [0.29, 0.717) is 5.15 Å². The summed E-state index contributed by atoms with van der Waals surface area (Å²) in [5, 5.41) is 0.543. The van der Waals surface area contributed by atoms with Gasteiger partial charge >= 0.3 is 0 Å². The number of hydrogen-bond donors (Lipinski definition) is 0. The van der Waals surface area contributed by atoms with E-state index in [9.17, 15) is 0 Å². The molecule has 0 aliphatic rings. The number of halogens is 1. The van der Waals surface area contributed by atoms with Crippen molar-refractivity contribution in [1.82, 2.24) is 4.98 Å². The van der Waals surface area contributed by atoms with Crippen molar-refractivity contribution in [1.29, 1.82) is 0 Å². The molecular formula is C15H17ClN2. The summed E-state index contributed by atoms with van der Waals surface area (Å²) in [7, 11) is 2.07. The predicted octanol–water partition coefficient (Wildman–Crippen LogP) is 3.99. The molecule has 0 unspecified atom stereocenters. The van der Waals surface area contributed by atoms with Crippen molar-refractivity contribution >= 4 is 17.3 Å². The monoisotopic (exact) mass is 260 g/mol. The number of benzene rings is 1. The molecule has 3 heteroatoms. The van der Waals surface area contributed by atoms with Crippen LogP contribution in [0.25, 0.3) is 0 Å². The Bertz CT molecular complexity index is 552. The van der Waals surface area contributed by atoms with Crippen LogP contribution in [0, 0.1) is 13.8 Å². The van der Waals surface area contributed by atoms with Crippen molar-refractivity contribution in [2.75, 3.05) is 11.9 Å². The van der Waals surface area contributed by atoms with Gasteiger partial charge in [-0.3, -0.25) is 0 Å². The second-order valence-electron chi connectivity index (χ2n) is 4.60. The molecule has 1 aromatic heterocycles. The highest BCUT2D eigenvalue weighted by Crippen LogP contribution is 2.21. The molecule has 1 heterocycles. The van der Waals surface area contributed by atoms with E-state index >= 15 is 0 Å². The lowest BCUT2D eigenvalue weighted by atomic mass is 10.1. The average Bonchev–Trinajstić information content (AvgIpc) is 2.28. The van der Waals surface area contributed by atoms with E-state index in [4.69, 9.17) is 11.6 Å². The van der Waals surface area contributed by atoms with Crippen LogP contribution in [-0.2, 0) is 6.54 Å². The van der Waals surface area contributed by atoms with Gasteiger partial charge in [-0.1, -0.05) is 35.4 Å². The first-order chi connectivity index (χ1) is 8.56. The Morgan fingerprint density at radius 3 is 2.61 bits per heavy atom. The van der Waals surface area contributed by atoms with Crippen molar-refractivity contribution in [3.63, 3.8) is 0 Å². The molecule has 0 fully saturated rings. The number of nitrogens with zero attached hydrogens (tertiary/aromatic N) is 2. The standard InChI is InChI=1S/C15H17ClN2/c1-11-7-8-14(12(2)9-11)18(3)10-13-5-4-6-15(16)17-13/h4-9H,10H2,1-3H3. The van der Waals surface area contributed by atoms with Gasteiger partial charge in [-0.15, -0.1) is 0 Å².